The van der Waals surface area contributed by atoms with Crippen molar-refractivity contribution in [3.05, 3.63) is 29.8 Å². The van der Waals surface area contributed by atoms with Gasteiger partial charge in [-0.25, -0.2) is 0 Å². The first-order valence-electron chi connectivity index (χ1n) is 9.02. The Balaban J connectivity index is 1.53. The van der Waals surface area contributed by atoms with Gasteiger partial charge in [0, 0.05) is 11.7 Å². The minimum Gasteiger partial charge on any atom is -0.382 e. The fourth-order valence-electron chi connectivity index (χ4n) is 5.99. The molecule has 0 spiro atoms. The van der Waals surface area contributed by atoms with Crippen molar-refractivity contribution >= 4 is 5.69 Å². The molecule has 0 radical (unpaired) electrons. The van der Waals surface area contributed by atoms with Gasteiger partial charge < -0.3 is 5.32 Å². The van der Waals surface area contributed by atoms with Crippen LogP contribution >= 0.6 is 0 Å². The van der Waals surface area contributed by atoms with Crippen molar-refractivity contribution in [2.45, 2.75) is 64.8 Å². The zero-order chi connectivity index (χ0) is 14.4. The Kier molecular flexibility index (Phi) is 3.28. The average Bonchev–Trinajstić information content (AvgIpc) is 2.46. The fourth-order valence-corrected chi connectivity index (χ4v) is 5.99. The highest BCUT2D eigenvalue weighted by atomic mass is 14.9. The van der Waals surface area contributed by atoms with Crippen LogP contribution in [-0.4, -0.2) is 6.04 Å². The van der Waals surface area contributed by atoms with Crippen molar-refractivity contribution in [1.82, 2.24) is 0 Å². The SMILES string of the molecule is CCc1cccc(NC(C)C23CC4CC(CC(C4)C2)C3)c1. The first-order chi connectivity index (χ1) is 10.2. The number of nitrogens with one attached hydrogen (secondary N) is 1. The van der Waals surface area contributed by atoms with E-state index < -0.39 is 0 Å². The smallest absolute Gasteiger partial charge is 0.0345 e. The van der Waals surface area contributed by atoms with E-state index in [1.165, 1.54) is 49.8 Å². The van der Waals surface area contributed by atoms with E-state index in [2.05, 4.69) is 43.4 Å². The molecule has 0 heterocycles. The normalized spacial score (nSPS) is 38.5. The Labute approximate surface area is 129 Å². The monoisotopic (exact) mass is 283 g/mol. The lowest BCUT2D eigenvalue weighted by Crippen LogP contribution is -2.52. The first kappa shape index (κ1) is 13.7. The van der Waals surface area contributed by atoms with Crippen molar-refractivity contribution < 1.29 is 0 Å². The molecule has 4 bridgehead atoms. The topological polar surface area (TPSA) is 12.0 Å². The summed E-state index contributed by atoms with van der Waals surface area (Å²) < 4.78 is 0. The first-order valence-corrected chi connectivity index (χ1v) is 9.02. The van der Waals surface area contributed by atoms with E-state index in [1.807, 2.05) is 0 Å². The van der Waals surface area contributed by atoms with E-state index in [1.54, 1.807) is 0 Å². The molecular weight excluding hydrogens is 254 g/mol. The Hall–Kier alpha value is -0.980. The van der Waals surface area contributed by atoms with Crippen LogP contribution in [0.3, 0.4) is 0 Å². The van der Waals surface area contributed by atoms with Crippen molar-refractivity contribution in [3.63, 3.8) is 0 Å². The molecule has 4 saturated carbocycles. The lowest BCUT2D eigenvalue weighted by atomic mass is 9.48. The van der Waals surface area contributed by atoms with Gasteiger partial charge in [0.05, 0.1) is 0 Å². The molecule has 21 heavy (non-hydrogen) atoms. The highest BCUT2D eigenvalue weighted by Crippen LogP contribution is 2.61. The summed E-state index contributed by atoms with van der Waals surface area (Å²) in [6.45, 7) is 4.69. The number of hydrogen-bond donors (Lipinski definition) is 1. The quantitative estimate of drug-likeness (QED) is 0.794. The van der Waals surface area contributed by atoms with Crippen molar-refractivity contribution in [2.24, 2.45) is 23.2 Å². The molecule has 4 aliphatic carbocycles. The van der Waals surface area contributed by atoms with Crippen molar-refractivity contribution in [3.8, 4) is 0 Å². The molecule has 114 valence electrons. The third-order valence-electron chi connectivity index (χ3n) is 6.72. The van der Waals surface area contributed by atoms with E-state index in [9.17, 15) is 0 Å². The number of aryl methyl sites for hydroxylation is 1. The van der Waals surface area contributed by atoms with Crippen LogP contribution in [0.25, 0.3) is 0 Å². The fraction of sp³-hybridized carbons (Fsp3) is 0.700. The van der Waals surface area contributed by atoms with Gasteiger partial charge in [-0.05, 0) is 92.7 Å². The zero-order valence-electron chi connectivity index (χ0n) is 13.6. The van der Waals surface area contributed by atoms with Gasteiger partial charge in [0.2, 0.25) is 0 Å². The Morgan fingerprint density at radius 1 is 1.10 bits per heavy atom. The highest BCUT2D eigenvalue weighted by Gasteiger charge is 2.53. The van der Waals surface area contributed by atoms with Gasteiger partial charge in [0.1, 0.15) is 0 Å². The zero-order valence-corrected chi connectivity index (χ0v) is 13.6. The molecule has 0 aliphatic heterocycles. The summed E-state index contributed by atoms with van der Waals surface area (Å²) in [5.41, 5.74) is 3.37. The number of anilines is 1. The molecule has 1 aromatic carbocycles. The second-order valence-electron chi connectivity index (χ2n) is 8.20. The van der Waals surface area contributed by atoms with Gasteiger partial charge in [-0.3, -0.25) is 0 Å². The van der Waals surface area contributed by atoms with Crippen LogP contribution in [0.2, 0.25) is 0 Å². The molecule has 1 aromatic rings. The molecule has 4 aliphatic rings. The average molecular weight is 283 g/mol. The van der Waals surface area contributed by atoms with Crippen LogP contribution in [0.5, 0.6) is 0 Å². The van der Waals surface area contributed by atoms with E-state index >= 15 is 0 Å². The molecule has 0 saturated heterocycles. The van der Waals surface area contributed by atoms with Crippen LogP contribution in [-0.2, 0) is 6.42 Å². The van der Waals surface area contributed by atoms with Crippen molar-refractivity contribution in [2.75, 3.05) is 5.32 Å². The minimum atomic E-state index is 0.594. The standard InChI is InChI=1S/C20H29N/c1-3-15-5-4-6-19(10-15)21-14(2)20-11-16-7-17(12-20)9-18(8-16)13-20/h4-6,10,14,16-18,21H,3,7-9,11-13H2,1-2H3. The summed E-state index contributed by atoms with van der Waals surface area (Å²) in [4.78, 5) is 0. The van der Waals surface area contributed by atoms with Gasteiger partial charge in [0.15, 0.2) is 0 Å². The molecule has 1 N–H and O–H groups in total. The maximum Gasteiger partial charge on any atom is 0.0345 e. The van der Waals surface area contributed by atoms with E-state index in [-0.39, 0.29) is 0 Å². The molecule has 1 heteroatoms. The van der Waals surface area contributed by atoms with Crippen LogP contribution in [0, 0.1) is 23.2 Å². The second kappa shape index (κ2) is 5.04. The lowest BCUT2D eigenvalue weighted by molar-refractivity contribution is -0.0602. The Morgan fingerprint density at radius 3 is 2.29 bits per heavy atom. The molecule has 0 amide bonds. The molecule has 1 atom stereocenters. The number of rotatable bonds is 4. The summed E-state index contributed by atoms with van der Waals surface area (Å²) in [6, 6.07) is 9.65. The lowest BCUT2D eigenvalue weighted by Gasteiger charge is -2.59. The summed E-state index contributed by atoms with van der Waals surface area (Å²) in [5.74, 6) is 3.13. The molecule has 5 rings (SSSR count). The largest absolute Gasteiger partial charge is 0.382 e. The van der Waals surface area contributed by atoms with Gasteiger partial charge in [-0.15, -0.1) is 0 Å². The van der Waals surface area contributed by atoms with Gasteiger partial charge in [-0.2, -0.15) is 0 Å². The Bertz CT molecular complexity index is 483. The van der Waals surface area contributed by atoms with Crippen LogP contribution in [0.4, 0.5) is 5.69 Å². The third-order valence-corrected chi connectivity index (χ3v) is 6.72. The Morgan fingerprint density at radius 2 is 1.71 bits per heavy atom. The van der Waals surface area contributed by atoms with Crippen LogP contribution in [0.15, 0.2) is 24.3 Å². The van der Waals surface area contributed by atoms with Gasteiger partial charge in [0.25, 0.3) is 0 Å². The minimum absolute atomic E-state index is 0.594. The van der Waals surface area contributed by atoms with Gasteiger partial charge >= 0.3 is 0 Å². The second-order valence-corrected chi connectivity index (χ2v) is 8.20. The van der Waals surface area contributed by atoms with Crippen LogP contribution < -0.4 is 5.32 Å². The predicted octanol–water partition coefficient (Wildman–Crippen LogP) is 5.27. The van der Waals surface area contributed by atoms with Crippen LogP contribution in [0.1, 0.15) is 57.9 Å². The summed E-state index contributed by atoms with van der Waals surface area (Å²) in [6.07, 6.45) is 10.2. The molecule has 0 aromatic heterocycles. The molecular formula is C20H29N. The van der Waals surface area contributed by atoms with Crippen molar-refractivity contribution in [1.29, 1.82) is 0 Å². The molecule has 1 nitrogen and oxygen atoms in total. The van der Waals surface area contributed by atoms with Gasteiger partial charge in [-0.1, -0.05) is 19.1 Å². The van der Waals surface area contributed by atoms with E-state index in [4.69, 9.17) is 0 Å². The summed E-state index contributed by atoms with van der Waals surface area (Å²) >= 11 is 0. The number of hydrogen-bond acceptors (Lipinski definition) is 1. The summed E-state index contributed by atoms with van der Waals surface area (Å²) in [5, 5.41) is 3.87. The number of benzene rings is 1. The third kappa shape index (κ3) is 2.39. The van der Waals surface area contributed by atoms with E-state index in [0.29, 0.717) is 11.5 Å². The maximum absolute atomic E-state index is 3.87. The predicted molar refractivity (Wildman–Crippen MR) is 89.5 cm³/mol. The molecule has 4 fully saturated rings. The molecule has 1 unspecified atom stereocenters. The van der Waals surface area contributed by atoms with E-state index in [0.717, 1.165) is 24.2 Å². The maximum atomic E-state index is 3.87. The highest BCUT2D eigenvalue weighted by molar-refractivity contribution is 5.47. The summed E-state index contributed by atoms with van der Waals surface area (Å²) in [7, 11) is 0.